The van der Waals surface area contributed by atoms with Gasteiger partial charge < -0.3 is 19.5 Å². The first-order chi connectivity index (χ1) is 20.7. The van der Waals surface area contributed by atoms with E-state index in [1.54, 1.807) is 35.4 Å². The van der Waals surface area contributed by atoms with Crippen molar-refractivity contribution >= 4 is 61.6 Å². The molecule has 1 saturated heterocycles. The number of piperidine rings is 1. The Morgan fingerprint density at radius 2 is 1.95 bits per heavy atom. The zero-order valence-electron chi connectivity index (χ0n) is 24.2. The number of fused-ring (bicyclic) bond motifs is 2. The van der Waals surface area contributed by atoms with E-state index in [9.17, 15) is 14.8 Å². The van der Waals surface area contributed by atoms with Gasteiger partial charge in [0.2, 0.25) is 5.95 Å². The molecule has 9 nitrogen and oxygen atoms in total. The third-order valence-corrected chi connectivity index (χ3v) is 9.62. The highest BCUT2D eigenvalue weighted by atomic mass is 32.2. The van der Waals surface area contributed by atoms with Crippen molar-refractivity contribution in [2.75, 3.05) is 32.1 Å². The van der Waals surface area contributed by atoms with Crippen LogP contribution < -0.4 is 4.90 Å². The highest BCUT2D eigenvalue weighted by molar-refractivity contribution is 7.98. The molecule has 6 rings (SSSR count). The van der Waals surface area contributed by atoms with Crippen LogP contribution >= 0.6 is 23.1 Å². The summed E-state index contributed by atoms with van der Waals surface area (Å²) in [6.07, 6.45) is 4.60. The molecular weight excluding hydrogens is 584 g/mol. The number of hydrogen-bond acceptors (Lipinski definition) is 9. The zero-order chi connectivity index (χ0) is 30.1. The van der Waals surface area contributed by atoms with Gasteiger partial charge in [-0.15, -0.1) is 11.3 Å². The molecular formula is C31H31FN8OS2. The summed E-state index contributed by atoms with van der Waals surface area (Å²) in [6.45, 7) is 3.49. The summed E-state index contributed by atoms with van der Waals surface area (Å²) in [6, 6.07) is 15.6. The summed E-state index contributed by atoms with van der Waals surface area (Å²) in [4.78, 5) is 23.0. The largest absolute Gasteiger partial charge is 0.390 e. The second kappa shape index (κ2) is 11.9. The van der Waals surface area contributed by atoms with E-state index in [1.807, 2.05) is 43.8 Å². The van der Waals surface area contributed by atoms with E-state index in [0.29, 0.717) is 70.2 Å². The maximum atomic E-state index is 15.0. The molecule has 1 N–H and O–H groups in total. The Morgan fingerprint density at radius 3 is 2.67 bits per heavy atom. The third-order valence-electron chi connectivity index (χ3n) is 7.48. The van der Waals surface area contributed by atoms with Crippen molar-refractivity contribution in [2.24, 2.45) is 4.99 Å². The van der Waals surface area contributed by atoms with E-state index in [0.717, 1.165) is 16.3 Å². The van der Waals surface area contributed by atoms with Gasteiger partial charge in [0.05, 0.1) is 35.1 Å². The molecule has 0 atom stereocenters. The minimum absolute atomic E-state index is 0.337. The van der Waals surface area contributed by atoms with Crippen LogP contribution in [0.25, 0.3) is 21.3 Å². The maximum Gasteiger partial charge on any atom is 0.228 e. The predicted molar refractivity (Wildman–Crippen MR) is 171 cm³/mol. The number of imidazole rings is 1. The van der Waals surface area contributed by atoms with Crippen LogP contribution in [0.4, 0.5) is 15.3 Å². The summed E-state index contributed by atoms with van der Waals surface area (Å²) in [5.41, 5.74) is 2.96. The molecule has 0 unspecified atom stereocenters. The Morgan fingerprint density at radius 1 is 1.19 bits per heavy atom. The number of aliphatic hydroxyl groups is 1. The normalized spacial score (nSPS) is 15.0. The molecule has 0 spiro atoms. The summed E-state index contributed by atoms with van der Waals surface area (Å²) in [7, 11) is 3.68. The molecule has 0 amide bonds. The molecule has 0 saturated carbocycles. The van der Waals surface area contributed by atoms with Gasteiger partial charge in [0.1, 0.15) is 27.4 Å². The monoisotopic (exact) mass is 614 g/mol. The average molecular weight is 615 g/mol. The fraction of sp³-hybridized carbons (Fsp3) is 0.323. The van der Waals surface area contributed by atoms with Gasteiger partial charge in [0.25, 0.3) is 0 Å². The van der Waals surface area contributed by atoms with Crippen LogP contribution in [0.2, 0.25) is 0 Å². The van der Waals surface area contributed by atoms with Crippen LogP contribution in [-0.4, -0.2) is 68.6 Å². The third kappa shape index (κ3) is 6.06. The fourth-order valence-corrected chi connectivity index (χ4v) is 7.05. The van der Waals surface area contributed by atoms with Crippen LogP contribution in [0.3, 0.4) is 0 Å². The Hall–Kier alpha value is -4.05. The quantitative estimate of drug-likeness (QED) is 0.0987. The summed E-state index contributed by atoms with van der Waals surface area (Å²) < 4.78 is 17.3. The van der Waals surface area contributed by atoms with Crippen LogP contribution in [-0.2, 0) is 12.3 Å². The highest BCUT2D eigenvalue weighted by Gasteiger charge is 2.29. The van der Waals surface area contributed by atoms with Gasteiger partial charge in [-0.05, 0) is 37.0 Å². The molecule has 12 heteroatoms. The van der Waals surface area contributed by atoms with Crippen LogP contribution in [0, 0.1) is 17.1 Å². The summed E-state index contributed by atoms with van der Waals surface area (Å²) >= 11 is 2.78. The number of halogens is 1. The summed E-state index contributed by atoms with van der Waals surface area (Å²) in [5, 5.41) is 22.4. The lowest BCUT2D eigenvalue weighted by Gasteiger charge is -2.35. The molecule has 5 aromatic rings. The molecule has 4 heterocycles. The van der Waals surface area contributed by atoms with Crippen molar-refractivity contribution in [3.8, 4) is 6.07 Å². The zero-order valence-corrected chi connectivity index (χ0v) is 25.8. The molecule has 2 aromatic carbocycles. The lowest BCUT2D eigenvalue weighted by atomic mass is 9.94. The number of nitrogens with zero attached hydrogens (tertiary/aromatic N) is 8. The Kier molecular flexibility index (Phi) is 8.05. The highest BCUT2D eigenvalue weighted by Crippen LogP contribution is 2.41. The van der Waals surface area contributed by atoms with Crippen LogP contribution in [0.1, 0.15) is 36.5 Å². The number of nitriles is 1. The maximum absolute atomic E-state index is 15.0. The second-order valence-corrected chi connectivity index (χ2v) is 13.1. The number of thioether (sulfide) groups is 1. The SMILES string of the molecule is CN(C)/C=N/c1sc2c(F)ccc(Cn3cnc4c(SCc5ccccc5)nc(N5CCC(C)(O)CC5)nc43)c2c1C#N. The number of hydrogen-bond donors (Lipinski definition) is 1. The summed E-state index contributed by atoms with van der Waals surface area (Å²) in [5.74, 6) is 0.939. The average Bonchev–Trinajstić information content (AvgIpc) is 3.58. The molecule has 220 valence electrons. The van der Waals surface area contributed by atoms with Gasteiger partial charge in [-0.2, -0.15) is 10.2 Å². The Bertz CT molecular complexity index is 1850. The lowest BCUT2D eigenvalue weighted by Crippen LogP contribution is -2.43. The Labute approximate surface area is 257 Å². The van der Waals surface area contributed by atoms with Crippen LogP contribution in [0.15, 0.2) is 58.8 Å². The number of aromatic nitrogens is 4. The Balaban J connectivity index is 1.42. The smallest absolute Gasteiger partial charge is 0.228 e. The van der Waals surface area contributed by atoms with E-state index < -0.39 is 5.60 Å². The molecule has 1 aliphatic heterocycles. The van der Waals surface area contributed by atoms with E-state index >= 15 is 0 Å². The number of benzene rings is 2. The predicted octanol–water partition coefficient (Wildman–Crippen LogP) is 5.96. The molecule has 0 bridgehead atoms. The molecule has 43 heavy (non-hydrogen) atoms. The molecule has 1 fully saturated rings. The number of anilines is 1. The van der Waals surface area contributed by atoms with E-state index in [2.05, 4.69) is 28.1 Å². The molecule has 0 radical (unpaired) electrons. The minimum Gasteiger partial charge on any atom is -0.390 e. The van der Waals surface area contributed by atoms with Gasteiger partial charge in [-0.3, -0.25) is 0 Å². The number of aliphatic imine (C=N–C) groups is 1. The van der Waals surface area contributed by atoms with Gasteiger partial charge in [-0.1, -0.05) is 48.2 Å². The topological polar surface area (TPSA) is 106 Å². The molecule has 3 aromatic heterocycles. The first-order valence-corrected chi connectivity index (χ1v) is 15.7. The second-order valence-electron chi connectivity index (χ2n) is 11.1. The number of thiophene rings is 1. The van der Waals surface area contributed by atoms with Gasteiger partial charge in [-0.25, -0.2) is 19.4 Å². The molecule has 0 aliphatic carbocycles. The van der Waals surface area contributed by atoms with Crippen molar-refractivity contribution in [3.05, 3.63) is 71.3 Å². The molecule has 1 aliphatic rings. The standard InChI is InChI=1S/C31H31FN8OS2/c1-31(41)11-13-39(14-12-31)30-36-27-25(29(37-30)42-17-20-7-5-4-6-8-20)34-19-40(27)16-21-9-10-23(32)26-24(21)22(15-33)28(43-26)35-18-38(2)3/h4-10,18-19,41H,11-14,16-17H2,1-3H3/b35-18+. The lowest BCUT2D eigenvalue weighted by molar-refractivity contribution is 0.0348. The van der Waals surface area contributed by atoms with Crippen molar-refractivity contribution in [1.82, 2.24) is 24.4 Å². The van der Waals surface area contributed by atoms with E-state index in [-0.39, 0.29) is 5.82 Å². The van der Waals surface area contributed by atoms with Crippen molar-refractivity contribution < 1.29 is 9.50 Å². The van der Waals surface area contributed by atoms with Crippen molar-refractivity contribution in [1.29, 1.82) is 5.26 Å². The van der Waals surface area contributed by atoms with E-state index in [1.165, 1.54) is 23.0 Å². The van der Waals surface area contributed by atoms with Gasteiger partial charge in [0, 0.05) is 38.3 Å². The fourth-order valence-electron chi connectivity index (χ4n) is 5.08. The minimum atomic E-state index is -0.699. The van der Waals surface area contributed by atoms with Gasteiger partial charge in [0.15, 0.2) is 5.65 Å². The first kappa shape index (κ1) is 29.0. The van der Waals surface area contributed by atoms with E-state index in [4.69, 9.17) is 15.0 Å². The van der Waals surface area contributed by atoms with Gasteiger partial charge >= 0.3 is 0 Å². The van der Waals surface area contributed by atoms with Crippen LogP contribution in [0.5, 0.6) is 0 Å². The van der Waals surface area contributed by atoms with Crippen molar-refractivity contribution in [2.45, 2.75) is 42.7 Å². The van der Waals surface area contributed by atoms with Crippen molar-refractivity contribution in [3.63, 3.8) is 0 Å². The number of rotatable bonds is 8. The first-order valence-electron chi connectivity index (χ1n) is 13.9.